The lowest BCUT2D eigenvalue weighted by Crippen LogP contribution is -2.36. The van der Waals surface area contributed by atoms with Gasteiger partial charge in [-0.25, -0.2) is 0 Å². The second-order valence-corrected chi connectivity index (χ2v) is 5.84. The van der Waals surface area contributed by atoms with Gasteiger partial charge in [0, 0.05) is 5.56 Å². The zero-order chi connectivity index (χ0) is 14.8. The third-order valence-corrected chi connectivity index (χ3v) is 4.56. The van der Waals surface area contributed by atoms with Gasteiger partial charge in [0.2, 0.25) is 0 Å². The maximum Gasteiger partial charge on any atom is 0.124 e. The molecule has 0 spiro atoms. The number of aliphatic hydroxyl groups is 1. The van der Waals surface area contributed by atoms with Crippen molar-refractivity contribution in [2.45, 2.75) is 38.3 Å². The normalized spacial score (nSPS) is 18.2. The molecule has 3 heteroatoms. The second-order valence-electron chi connectivity index (χ2n) is 5.84. The van der Waals surface area contributed by atoms with Gasteiger partial charge in [0.15, 0.2) is 0 Å². The lowest BCUT2D eigenvalue weighted by atomic mass is 9.77. The van der Waals surface area contributed by atoms with Gasteiger partial charge in [-0.2, -0.15) is 0 Å². The number of rotatable bonds is 5. The van der Waals surface area contributed by atoms with Gasteiger partial charge in [-0.3, -0.25) is 0 Å². The first-order valence-electron chi connectivity index (χ1n) is 7.80. The standard InChI is InChI=1S/C18H23NO2/c1-2-21-15-11-10-12-6-3-4-9-14(12)16(15)17(19)18(20)13-7-5-8-13/h3-4,6,9-11,13,17-18,20H,2,5,7-8,19H2,1H3/t17-,18+/m0/s1. The Balaban J connectivity index is 2.06. The van der Waals surface area contributed by atoms with E-state index in [1.165, 1.54) is 6.42 Å². The second kappa shape index (κ2) is 6.04. The number of hydrogen-bond donors (Lipinski definition) is 2. The van der Waals surface area contributed by atoms with Crippen LogP contribution in [0.1, 0.15) is 37.8 Å². The molecule has 21 heavy (non-hydrogen) atoms. The minimum Gasteiger partial charge on any atom is -0.494 e. The SMILES string of the molecule is CCOc1ccc2ccccc2c1[C@H](N)[C@H](O)C1CCC1. The van der Waals surface area contributed by atoms with Crippen LogP contribution in [0.2, 0.25) is 0 Å². The third-order valence-electron chi connectivity index (χ3n) is 4.56. The smallest absolute Gasteiger partial charge is 0.124 e. The van der Waals surface area contributed by atoms with Crippen molar-refractivity contribution in [3.63, 3.8) is 0 Å². The Morgan fingerprint density at radius 3 is 2.67 bits per heavy atom. The Bertz CT molecular complexity index is 622. The molecule has 3 rings (SSSR count). The van der Waals surface area contributed by atoms with Gasteiger partial charge in [-0.15, -0.1) is 0 Å². The van der Waals surface area contributed by atoms with Crippen LogP contribution in [0.5, 0.6) is 5.75 Å². The molecule has 1 aliphatic rings. The first-order chi connectivity index (χ1) is 10.2. The van der Waals surface area contributed by atoms with Gasteiger partial charge in [-0.1, -0.05) is 36.8 Å². The van der Waals surface area contributed by atoms with E-state index in [4.69, 9.17) is 10.5 Å². The first-order valence-corrected chi connectivity index (χ1v) is 7.80. The van der Waals surface area contributed by atoms with Gasteiger partial charge in [-0.05, 0) is 42.5 Å². The highest BCUT2D eigenvalue weighted by molar-refractivity contribution is 5.88. The summed E-state index contributed by atoms with van der Waals surface area (Å²) in [6, 6.07) is 11.8. The fourth-order valence-corrected chi connectivity index (χ4v) is 3.15. The van der Waals surface area contributed by atoms with E-state index in [-0.39, 0.29) is 0 Å². The zero-order valence-electron chi connectivity index (χ0n) is 12.5. The van der Waals surface area contributed by atoms with Crippen LogP contribution < -0.4 is 10.5 Å². The number of fused-ring (bicyclic) bond motifs is 1. The van der Waals surface area contributed by atoms with E-state index in [1.54, 1.807) is 0 Å². The van der Waals surface area contributed by atoms with Crippen molar-refractivity contribution >= 4 is 10.8 Å². The zero-order valence-corrected chi connectivity index (χ0v) is 12.5. The summed E-state index contributed by atoms with van der Waals surface area (Å²) in [5, 5.41) is 12.8. The summed E-state index contributed by atoms with van der Waals surface area (Å²) < 4.78 is 5.76. The fraction of sp³-hybridized carbons (Fsp3) is 0.444. The van der Waals surface area contributed by atoms with Crippen molar-refractivity contribution in [2.24, 2.45) is 11.7 Å². The number of aliphatic hydroxyl groups excluding tert-OH is 1. The van der Waals surface area contributed by atoms with Crippen LogP contribution >= 0.6 is 0 Å². The summed E-state index contributed by atoms with van der Waals surface area (Å²) in [4.78, 5) is 0. The molecule has 0 aromatic heterocycles. The van der Waals surface area contributed by atoms with Crippen molar-refractivity contribution < 1.29 is 9.84 Å². The van der Waals surface area contributed by atoms with E-state index in [9.17, 15) is 5.11 Å². The molecule has 0 aliphatic heterocycles. The van der Waals surface area contributed by atoms with E-state index in [0.29, 0.717) is 12.5 Å². The molecule has 3 nitrogen and oxygen atoms in total. The molecule has 0 amide bonds. The van der Waals surface area contributed by atoms with E-state index < -0.39 is 12.1 Å². The first kappa shape index (κ1) is 14.4. The van der Waals surface area contributed by atoms with Crippen molar-refractivity contribution in [3.05, 3.63) is 42.0 Å². The Morgan fingerprint density at radius 1 is 1.24 bits per heavy atom. The van der Waals surface area contributed by atoms with Gasteiger partial charge in [0.25, 0.3) is 0 Å². The molecule has 2 aromatic carbocycles. The molecule has 1 saturated carbocycles. The van der Waals surface area contributed by atoms with E-state index in [0.717, 1.165) is 34.9 Å². The number of nitrogens with two attached hydrogens (primary N) is 1. The molecule has 0 heterocycles. The van der Waals surface area contributed by atoms with Crippen LogP contribution in [0.3, 0.4) is 0 Å². The highest BCUT2D eigenvalue weighted by Crippen LogP contribution is 2.39. The molecule has 0 radical (unpaired) electrons. The summed E-state index contributed by atoms with van der Waals surface area (Å²) >= 11 is 0. The highest BCUT2D eigenvalue weighted by Gasteiger charge is 2.32. The van der Waals surface area contributed by atoms with E-state index in [1.807, 2.05) is 31.2 Å². The van der Waals surface area contributed by atoms with Crippen LogP contribution in [-0.2, 0) is 0 Å². The largest absolute Gasteiger partial charge is 0.494 e. The maximum absolute atomic E-state index is 10.6. The fourth-order valence-electron chi connectivity index (χ4n) is 3.15. The van der Waals surface area contributed by atoms with E-state index >= 15 is 0 Å². The van der Waals surface area contributed by atoms with Crippen molar-refractivity contribution in [1.29, 1.82) is 0 Å². The lowest BCUT2D eigenvalue weighted by Gasteiger charge is -2.34. The van der Waals surface area contributed by atoms with Gasteiger partial charge < -0.3 is 15.6 Å². The molecule has 2 aromatic rings. The Kier molecular flexibility index (Phi) is 4.13. The Labute approximate surface area is 125 Å². The summed E-state index contributed by atoms with van der Waals surface area (Å²) in [5.41, 5.74) is 7.36. The highest BCUT2D eigenvalue weighted by atomic mass is 16.5. The van der Waals surface area contributed by atoms with E-state index in [2.05, 4.69) is 12.1 Å². The van der Waals surface area contributed by atoms with Crippen LogP contribution in [0.15, 0.2) is 36.4 Å². The van der Waals surface area contributed by atoms with Crippen LogP contribution in [0.25, 0.3) is 10.8 Å². The molecule has 1 aliphatic carbocycles. The quantitative estimate of drug-likeness (QED) is 0.885. The van der Waals surface area contributed by atoms with Crippen molar-refractivity contribution in [2.75, 3.05) is 6.61 Å². The van der Waals surface area contributed by atoms with Crippen LogP contribution in [-0.4, -0.2) is 17.8 Å². The van der Waals surface area contributed by atoms with Gasteiger partial charge in [0.1, 0.15) is 5.75 Å². The van der Waals surface area contributed by atoms with Crippen molar-refractivity contribution in [3.8, 4) is 5.75 Å². The lowest BCUT2D eigenvalue weighted by molar-refractivity contribution is 0.0410. The monoisotopic (exact) mass is 285 g/mol. The molecular formula is C18H23NO2. The molecule has 0 saturated heterocycles. The molecule has 0 unspecified atom stereocenters. The number of hydrogen-bond acceptors (Lipinski definition) is 3. The summed E-state index contributed by atoms with van der Waals surface area (Å²) in [6.07, 6.45) is 2.85. The molecular weight excluding hydrogens is 262 g/mol. The Hall–Kier alpha value is -1.58. The molecule has 0 bridgehead atoms. The maximum atomic E-state index is 10.6. The molecule has 112 valence electrons. The minimum absolute atomic E-state index is 0.327. The van der Waals surface area contributed by atoms with Crippen LogP contribution in [0, 0.1) is 5.92 Å². The minimum atomic E-state index is -0.497. The van der Waals surface area contributed by atoms with Gasteiger partial charge in [0.05, 0.1) is 18.8 Å². The molecule has 1 fully saturated rings. The number of ether oxygens (including phenoxy) is 1. The predicted octanol–water partition coefficient (Wildman–Crippen LogP) is 3.40. The topological polar surface area (TPSA) is 55.5 Å². The summed E-state index contributed by atoms with van der Waals surface area (Å²) in [5.74, 6) is 1.12. The van der Waals surface area contributed by atoms with Crippen molar-refractivity contribution in [1.82, 2.24) is 0 Å². The summed E-state index contributed by atoms with van der Waals surface area (Å²) in [6.45, 7) is 2.56. The molecule has 2 atom stereocenters. The molecule has 3 N–H and O–H groups in total. The van der Waals surface area contributed by atoms with Crippen LogP contribution in [0.4, 0.5) is 0 Å². The average molecular weight is 285 g/mol. The third kappa shape index (κ3) is 2.63. The predicted molar refractivity (Wildman–Crippen MR) is 85.4 cm³/mol. The average Bonchev–Trinajstić information content (AvgIpc) is 2.45. The summed E-state index contributed by atoms with van der Waals surface area (Å²) in [7, 11) is 0. The number of benzene rings is 2. The Morgan fingerprint density at radius 2 is 2.00 bits per heavy atom. The van der Waals surface area contributed by atoms with Gasteiger partial charge >= 0.3 is 0 Å².